The van der Waals surface area contributed by atoms with Crippen LogP contribution in [0.4, 0.5) is 5.69 Å². The van der Waals surface area contributed by atoms with Crippen molar-refractivity contribution >= 4 is 34.5 Å². The molecule has 0 radical (unpaired) electrons. The lowest BCUT2D eigenvalue weighted by atomic mass is 9.94. The Labute approximate surface area is 180 Å². The lowest BCUT2D eigenvalue weighted by Crippen LogP contribution is -1.97. The highest BCUT2D eigenvalue weighted by atomic mass is 35.5. The molecule has 0 fully saturated rings. The van der Waals surface area contributed by atoms with Gasteiger partial charge in [-0.2, -0.15) is 0 Å². The topological polar surface area (TPSA) is 21.6 Å². The predicted octanol–water partition coefficient (Wildman–Crippen LogP) is 7.37. The fraction of sp³-hybridized carbons (Fsp3) is 0. The molecule has 0 unspecified atom stereocenters. The van der Waals surface area contributed by atoms with E-state index in [0.717, 1.165) is 39.3 Å². The van der Waals surface area contributed by atoms with Crippen LogP contribution in [0.25, 0.3) is 11.3 Å². The Morgan fingerprint density at radius 2 is 1.17 bits per heavy atom. The molecule has 2 nitrogen and oxygen atoms in total. The molecule has 4 aromatic rings. The third-order valence-corrected chi connectivity index (χ3v) is 5.26. The molecule has 0 aliphatic carbocycles. The van der Waals surface area contributed by atoms with Gasteiger partial charge in [0.15, 0.2) is 0 Å². The molecule has 1 aliphatic rings. The fourth-order valence-electron chi connectivity index (χ4n) is 3.61. The Kier molecular flexibility index (Phi) is 4.92. The summed E-state index contributed by atoms with van der Waals surface area (Å²) in [5.41, 5.74) is 6.00. The maximum Gasteiger partial charge on any atom is 0.227 e. The van der Waals surface area contributed by atoms with Gasteiger partial charge in [-0.3, -0.25) is 0 Å². The van der Waals surface area contributed by atoms with E-state index in [1.54, 1.807) is 0 Å². The molecule has 0 N–H and O–H groups in total. The van der Waals surface area contributed by atoms with Gasteiger partial charge in [0.2, 0.25) is 5.90 Å². The van der Waals surface area contributed by atoms with Gasteiger partial charge in [0.05, 0.1) is 5.69 Å². The molecule has 0 aromatic heterocycles. The van der Waals surface area contributed by atoms with Crippen LogP contribution in [-0.4, -0.2) is 5.90 Å². The summed E-state index contributed by atoms with van der Waals surface area (Å²) in [6.07, 6.45) is 0. The maximum atomic E-state index is 6.43. The van der Waals surface area contributed by atoms with Crippen LogP contribution in [0.2, 0.25) is 5.02 Å². The molecule has 3 heteroatoms. The number of hydrogen-bond acceptors (Lipinski definition) is 2. The number of para-hydroxylation sites is 1. The molecule has 0 atom stereocenters. The average Bonchev–Trinajstić information content (AvgIpc) is 3.15. The first-order valence-corrected chi connectivity index (χ1v) is 10.1. The molecular weight excluding hydrogens is 390 g/mol. The highest BCUT2D eigenvalue weighted by molar-refractivity contribution is 6.30. The van der Waals surface area contributed by atoms with Crippen LogP contribution in [0, 0.1) is 0 Å². The van der Waals surface area contributed by atoms with E-state index in [1.165, 1.54) is 0 Å². The Hall–Kier alpha value is -3.62. The minimum atomic E-state index is 0.606. The number of hydrogen-bond donors (Lipinski definition) is 0. The normalized spacial score (nSPS) is 15.6. The number of rotatable bonds is 3. The molecule has 0 saturated carbocycles. The van der Waals surface area contributed by atoms with E-state index in [9.17, 15) is 0 Å². The van der Waals surface area contributed by atoms with Crippen LogP contribution in [0.5, 0.6) is 0 Å². The molecule has 0 amide bonds. The van der Waals surface area contributed by atoms with Crippen LogP contribution in [0.1, 0.15) is 22.3 Å². The standard InChI is InChI=1S/C27H18ClNO/c28-21-17-15-20(16-18-21)25(19-9-3-1-4-10-19)26-23-13-7-8-14-24(23)27(30-26)29-22-11-5-2-6-12-22/h1-18H/b26-25+,29-27?. The average molecular weight is 408 g/mol. The van der Waals surface area contributed by atoms with Gasteiger partial charge in [0.1, 0.15) is 5.76 Å². The monoisotopic (exact) mass is 407 g/mol. The van der Waals surface area contributed by atoms with Gasteiger partial charge in [0.25, 0.3) is 0 Å². The molecule has 144 valence electrons. The summed E-state index contributed by atoms with van der Waals surface area (Å²) in [6, 6.07) is 36.1. The number of aliphatic imine (C=N–C) groups is 1. The Bertz CT molecular complexity index is 1240. The zero-order valence-electron chi connectivity index (χ0n) is 16.1. The van der Waals surface area contributed by atoms with Crippen molar-refractivity contribution in [3.63, 3.8) is 0 Å². The molecule has 0 saturated heterocycles. The Balaban J connectivity index is 1.74. The number of halogens is 1. The summed E-state index contributed by atoms with van der Waals surface area (Å²) in [4.78, 5) is 4.77. The second-order valence-electron chi connectivity index (χ2n) is 6.98. The molecule has 30 heavy (non-hydrogen) atoms. The van der Waals surface area contributed by atoms with Crippen LogP contribution in [0.3, 0.4) is 0 Å². The third-order valence-electron chi connectivity index (χ3n) is 5.01. The van der Waals surface area contributed by atoms with Crippen molar-refractivity contribution in [3.8, 4) is 0 Å². The molecule has 4 aromatic carbocycles. The molecule has 1 heterocycles. The first-order valence-electron chi connectivity index (χ1n) is 9.76. The largest absolute Gasteiger partial charge is 0.437 e. The first kappa shape index (κ1) is 18.4. The second-order valence-corrected chi connectivity index (χ2v) is 7.41. The van der Waals surface area contributed by atoms with Crippen molar-refractivity contribution in [2.75, 3.05) is 0 Å². The summed E-state index contributed by atoms with van der Waals surface area (Å²) in [6.45, 7) is 0. The van der Waals surface area contributed by atoms with E-state index < -0.39 is 0 Å². The van der Waals surface area contributed by atoms with Crippen molar-refractivity contribution in [1.29, 1.82) is 0 Å². The van der Waals surface area contributed by atoms with E-state index in [2.05, 4.69) is 24.3 Å². The SMILES string of the molecule is Clc1ccc(/C(=C2/OC(=Nc3ccccc3)c3ccccc32)c2ccccc2)cc1. The third kappa shape index (κ3) is 3.54. The fourth-order valence-corrected chi connectivity index (χ4v) is 3.74. The van der Waals surface area contributed by atoms with Gasteiger partial charge in [-0.1, -0.05) is 90.5 Å². The number of fused-ring (bicyclic) bond motifs is 1. The Morgan fingerprint density at radius 3 is 1.87 bits per heavy atom. The van der Waals surface area contributed by atoms with Crippen LogP contribution >= 0.6 is 11.6 Å². The molecule has 5 rings (SSSR count). The highest BCUT2D eigenvalue weighted by Gasteiger charge is 2.28. The quantitative estimate of drug-likeness (QED) is 0.347. The summed E-state index contributed by atoms with van der Waals surface area (Å²) in [5.74, 6) is 1.41. The van der Waals surface area contributed by atoms with Crippen molar-refractivity contribution in [3.05, 3.63) is 136 Å². The lowest BCUT2D eigenvalue weighted by molar-refractivity contribution is 0.527. The van der Waals surface area contributed by atoms with Crippen molar-refractivity contribution in [2.45, 2.75) is 0 Å². The summed E-state index contributed by atoms with van der Waals surface area (Å²) in [7, 11) is 0. The van der Waals surface area contributed by atoms with Gasteiger partial charge in [0, 0.05) is 21.7 Å². The van der Waals surface area contributed by atoms with Gasteiger partial charge < -0.3 is 4.74 Å². The van der Waals surface area contributed by atoms with Crippen molar-refractivity contribution < 1.29 is 4.74 Å². The molecular formula is C27H18ClNO. The zero-order valence-corrected chi connectivity index (χ0v) is 16.9. The van der Waals surface area contributed by atoms with Crippen molar-refractivity contribution in [1.82, 2.24) is 0 Å². The number of ether oxygens (including phenoxy) is 1. The van der Waals surface area contributed by atoms with E-state index in [-0.39, 0.29) is 0 Å². The summed E-state index contributed by atoms with van der Waals surface area (Å²) in [5, 5.41) is 0.704. The molecule has 0 bridgehead atoms. The first-order chi connectivity index (χ1) is 14.8. The maximum absolute atomic E-state index is 6.43. The van der Waals surface area contributed by atoms with E-state index in [4.69, 9.17) is 21.3 Å². The highest BCUT2D eigenvalue weighted by Crippen LogP contribution is 2.40. The van der Waals surface area contributed by atoms with E-state index >= 15 is 0 Å². The van der Waals surface area contributed by atoms with Gasteiger partial charge >= 0.3 is 0 Å². The van der Waals surface area contributed by atoms with Gasteiger partial charge in [-0.25, -0.2) is 4.99 Å². The van der Waals surface area contributed by atoms with Crippen LogP contribution in [0.15, 0.2) is 114 Å². The van der Waals surface area contributed by atoms with Crippen LogP contribution in [-0.2, 0) is 4.74 Å². The molecule has 1 aliphatic heterocycles. The van der Waals surface area contributed by atoms with E-state index in [0.29, 0.717) is 10.9 Å². The number of nitrogens with zero attached hydrogens (tertiary/aromatic N) is 1. The summed E-state index contributed by atoms with van der Waals surface area (Å²) >= 11 is 6.15. The Morgan fingerprint density at radius 1 is 0.600 bits per heavy atom. The predicted molar refractivity (Wildman–Crippen MR) is 124 cm³/mol. The van der Waals surface area contributed by atoms with Crippen LogP contribution < -0.4 is 0 Å². The minimum Gasteiger partial charge on any atom is -0.437 e. The minimum absolute atomic E-state index is 0.606. The smallest absolute Gasteiger partial charge is 0.227 e. The van der Waals surface area contributed by atoms with Gasteiger partial charge in [-0.15, -0.1) is 0 Å². The van der Waals surface area contributed by atoms with E-state index in [1.807, 2.05) is 84.9 Å². The lowest BCUT2D eigenvalue weighted by Gasteiger charge is -2.13. The summed E-state index contributed by atoms with van der Waals surface area (Å²) < 4.78 is 6.43. The van der Waals surface area contributed by atoms with Gasteiger partial charge in [-0.05, 0) is 41.5 Å². The number of benzene rings is 4. The van der Waals surface area contributed by atoms with Crippen molar-refractivity contribution in [2.24, 2.45) is 4.99 Å². The second kappa shape index (κ2) is 8.02. The molecule has 0 spiro atoms. The zero-order chi connectivity index (χ0) is 20.3.